The summed E-state index contributed by atoms with van der Waals surface area (Å²) in [4.78, 5) is 6.64. The first kappa shape index (κ1) is 13.1. The minimum Gasteiger partial charge on any atom is -0.480 e. The molecule has 2 aromatic rings. The molecule has 0 fully saturated rings. The summed E-state index contributed by atoms with van der Waals surface area (Å²) in [5.41, 5.74) is 3.79. The maximum Gasteiger partial charge on any atom is 0.236 e. The van der Waals surface area contributed by atoms with Crippen LogP contribution in [0.2, 0.25) is 0 Å². The number of pyridine rings is 1. The molecule has 20 heavy (non-hydrogen) atoms. The number of aryl methyl sites for hydroxylation is 1. The van der Waals surface area contributed by atoms with Crippen LogP contribution in [0.25, 0.3) is 0 Å². The third-order valence-corrected chi connectivity index (χ3v) is 3.83. The van der Waals surface area contributed by atoms with Crippen molar-refractivity contribution in [3.63, 3.8) is 0 Å². The van der Waals surface area contributed by atoms with E-state index in [4.69, 9.17) is 4.74 Å². The molecule has 1 aliphatic rings. The van der Waals surface area contributed by atoms with Crippen molar-refractivity contribution in [3.8, 4) is 5.88 Å². The summed E-state index contributed by atoms with van der Waals surface area (Å²) >= 11 is 0. The summed E-state index contributed by atoms with van der Waals surface area (Å²) in [6.45, 7) is 2.94. The molecular formula is C15H20N4O. The molecule has 0 radical (unpaired) electrons. The first-order valence-corrected chi connectivity index (χ1v) is 6.98. The van der Waals surface area contributed by atoms with Gasteiger partial charge in [0.25, 0.3) is 0 Å². The van der Waals surface area contributed by atoms with Crippen molar-refractivity contribution in [1.29, 1.82) is 0 Å². The lowest BCUT2D eigenvalue weighted by Crippen LogP contribution is -2.24. The van der Waals surface area contributed by atoms with Crippen LogP contribution in [0.3, 0.4) is 0 Å². The van der Waals surface area contributed by atoms with Crippen LogP contribution in [-0.4, -0.2) is 33.3 Å². The summed E-state index contributed by atoms with van der Waals surface area (Å²) in [5.74, 6) is 0.783. The first-order chi connectivity index (χ1) is 9.78. The van der Waals surface area contributed by atoms with Gasteiger partial charge in [0, 0.05) is 38.1 Å². The zero-order chi connectivity index (χ0) is 13.9. The van der Waals surface area contributed by atoms with Gasteiger partial charge in [0.2, 0.25) is 5.88 Å². The molecule has 0 saturated heterocycles. The molecule has 0 bridgehead atoms. The predicted octanol–water partition coefficient (Wildman–Crippen LogP) is 1.77. The fraction of sp³-hybridized carbons (Fsp3) is 0.467. The molecule has 0 N–H and O–H groups in total. The minimum absolute atomic E-state index is 0.783. The fourth-order valence-corrected chi connectivity index (χ4v) is 2.84. The smallest absolute Gasteiger partial charge is 0.236 e. The van der Waals surface area contributed by atoms with E-state index in [9.17, 15) is 0 Å². The van der Waals surface area contributed by atoms with Crippen LogP contribution in [0.1, 0.15) is 23.2 Å². The fourth-order valence-electron chi connectivity index (χ4n) is 2.84. The van der Waals surface area contributed by atoms with Crippen molar-refractivity contribution in [2.24, 2.45) is 7.05 Å². The van der Waals surface area contributed by atoms with Crippen molar-refractivity contribution in [2.45, 2.75) is 25.9 Å². The van der Waals surface area contributed by atoms with Gasteiger partial charge in [-0.2, -0.15) is 0 Å². The van der Waals surface area contributed by atoms with Crippen molar-refractivity contribution in [1.82, 2.24) is 19.7 Å². The number of fused-ring (bicyclic) bond motifs is 1. The Morgan fingerprint density at radius 3 is 3.05 bits per heavy atom. The van der Waals surface area contributed by atoms with Crippen molar-refractivity contribution >= 4 is 0 Å². The topological polar surface area (TPSA) is 43.2 Å². The Morgan fingerprint density at radius 1 is 1.40 bits per heavy atom. The Hall–Kier alpha value is -1.88. The molecule has 1 aliphatic heterocycles. The third kappa shape index (κ3) is 2.54. The summed E-state index contributed by atoms with van der Waals surface area (Å²) in [6, 6.07) is 4.12. The van der Waals surface area contributed by atoms with Gasteiger partial charge >= 0.3 is 0 Å². The molecule has 0 unspecified atom stereocenters. The van der Waals surface area contributed by atoms with E-state index in [1.165, 1.54) is 16.8 Å². The van der Waals surface area contributed by atoms with Gasteiger partial charge in [-0.3, -0.25) is 14.6 Å². The van der Waals surface area contributed by atoms with Gasteiger partial charge < -0.3 is 4.74 Å². The second-order valence-corrected chi connectivity index (χ2v) is 5.23. The number of rotatable bonds is 3. The van der Waals surface area contributed by atoms with Crippen LogP contribution in [0.15, 0.2) is 24.5 Å². The van der Waals surface area contributed by atoms with Gasteiger partial charge in [-0.1, -0.05) is 6.07 Å². The number of hydrogen-bond donors (Lipinski definition) is 0. The Bertz CT molecular complexity index is 579. The maximum atomic E-state index is 5.38. The molecule has 0 saturated carbocycles. The number of methoxy groups -OCH3 is 1. The molecule has 0 aromatic carbocycles. The highest BCUT2D eigenvalue weighted by Crippen LogP contribution is 2.27. The monoisotopic (exact) mass is 272 g/mol. The maximum absolute atomic E-state index is 5.38. The predicted molar refractivity (Wildman–Crippen MR) is 76.4 cm³/mol. The second-order valence-electron chi connectivity index (χ2n) is 5.23. The van der Waals surface area contributed by atoms with E-state index in [1.807, 2.05) is 30.2 Å². The van der Waals surface area contributed by atoms with E-state index in [1.54, 1.807) is 7.11 Å². The molecule has 5 nitrogen and oxygen atoms in total. The minimum atomic E-state index is 0.783. The van der Waals surface area contributed by atoms with Crippen LogP contribution in [0.5, 0.6) is 5.88 Å². The molecule has 0 amide bonds. The van der Waals surface area contributed by atoms with Crippen LogP contribution in [-0.2, 0) is 26.6 Å². The molecule has 0 atom stereocenters. The number of hydrogen-bond acceptors (Lipinski definition) is 4. The summed E-state index contributed by atoms with van der Waals surface area (Å²) < 4.78 is 7.34. The highest BCUT2D eigenvalue weighted by molar-refractivity contribution is 5.32. The zero-order valence-electron chi connectivity index (χ0n) is 12.0. The number of ether oxygens (including phenoxy) is 1. The molecular weight excluding hydrogens is 252 g/mol. The van der Waals surface area contributed by atoms with Gasteiger partial charge in [0.15, 0.2) is 0 Å². The SMILES string of the molecule is COc1nn(C)c2c1CCCN(Cc1cccnc1)C2. The van der Waals surface area contributed by atoms with E-state index in [0.717, 1.165) is 38.4 Å². The lowest BCUT2D eigenvalue weighted by molar-refractivity contribution is 0.254. The highest BCUT2D eigenvalue weighted by atomic mass is 16.5. The van der Waals surface area contributed by atoms with Crippen molar-refractivity contribution < 1.29 is 4.74 Å². The van der Waals surface area contributed by atoms with E-state index in [2.05, 4.69) is 21.0 Å². The molecule has 5 heteroatoms. The summed E-state index contributed by atoms with van der Waals surface area (Å²) in [6.07, 6.45) is 5.93. The standard InChI is InChI=1S/C15H20N4O/c1-18-14-11-19(10-12-5-3-7-16-9-12)8-4-6-13(14)15(17-18)20-2/h3,5,7,9H,4,6,8,10-11H2,1-2H3. The van der Waals surface area contributed by atoms with E-state index in [-0.39, 0.29) is 0 Å². The normalized spacial score (nSPS) is 15.7. The molecule has 3 heterocycles. The lowest BCUT2D eigenvalue weighted by atomic mass is 10.1. The van der Waals surface area contributed by atoms with Gasteiger partial charge in [0.1, 0.15) is 0 Å². The Morgan fingerprint density at radius 2 is 2.30 bits per heavy atom. The lowest BCUT2D eigenvalue weighted by Gasteiger charge is -2.20. The molecule has 106 valence electrons. The number of nitrogens with zero attached hydrogens (tertiary/aromatic N) is 4. The van der Waals surface area contributed by atoms with Crippen LogP contribution >= 0.6 is 0 Å². The zero-order valence-corrected chi connectivity index (χ0v) is 12.0. The van der Waals surface area contributed by atoms with Crippen LogP contribution in [0, 0.1) is 0 Å². The van der Waals surface area contributed by atoms with Gasteiger partial charge in [-0.25, -0.2) is 0 Å². The summed E-state index contributed by atoms with van der Waals surface area (Å²) in [5, 5.41) is 4.45. The van der Waals surface area contributed by atoms with E-state index < -0.39 is 0 Å². The molecule has 0 spiro atoms. The number of aromatic nitrogens is 3. The third-order valence-electron chi connectivity index (χ3n) is 3.83. The average molecular weight is 272 g/mol. The van der Waals surface area contributed by atoms with Gasteiger partial charge in [-0.05, 0) is 31.0 Å². The van der Waals surface area contributed by atoms with Crippen molar-refractivity contribution in [3.05, 3.63) is 41.3 Å². The second kappa shape index (κ2) is 5.63. The Kier molecular flexibility index (Phi) is 3.69. The van der Waals surface area contributed by atoms with Gasteiger partial charge in [-0.15, -0.1) is 5.10 Å². The van der Waals surface area contributed by atoms with E-state index in [0.29, 0.717) is 0 Å². The summed E-state index contributed by atoms with van der Waals surface area (Å²) in [7, 11) is 3.69. The quantitative estimate of drug-likeness (QED) is 0.854. The Balaban J connectivity index is 1.81. The van der Waals surface area contributed by atoms with Gasteiger partial charge in [0.05, 0.1) is 12.8 Å². The molecule has 2 aromatic heterocycles. The van der Waals surface area contributed by atoms with Crippen LogP contribution < -0.4 is 4.74 Å². The van der Waals surface area contributed by atoms with Crippen molar-refractivity contribution in [2.75, 3.05) is 13.7 Å². The van der Waals surface area contributed by atoms with E-state index >= 15 is 0 Å². The highest BCUT2D eigenvalue weighted by Gasteiger charge is 2.22. The average Bonchev–Trinajstić information content (AvgIpc) is 2.64. The molecule has 0 aliphatic carbocycles. The van der Waals surface area contributed by atoms with Crippen LogP contribution in [0.4, 0.5) is 0 Å². The first-order valence-electron chi connectivity index (χ1n) is 6.98. The largest absolute Gasteiger partial charge is 0.480 e. The Labute approximate surface area is 119 Å². The molecule has 3 rings (SSSR count).